The SMILES string of the molecule is Cc1ccc(S(=O)(=O)Oc2ccc(S(=O)(=O)[O-])cc2)cc1.O=S(=O)([O-])c1ccc(O)cc1.[Na+].[Na+]. The number of phenols is 1. The van der Waals surface area contributed by atoms with E-state index in [9.17, 15) is 34.4 Å². The summed E-state index contributed by atoms with van der Waals surface area (Å²) in [4.78, 5) is -0.813. The first-order valence-corrected chi connectivity index (χ1v) is 12.7. The molecule has 10 nitrogen and oxygen atoms in total. The third-order valence-corrected chi connectivity index (χ3v) is 6.71. The van der Waals surface area contributed by atoms with E-state index >= 15 is 0 Å². The maximum Gasteiger partial charge on any atom is 1.00 e. The second-order valence-corrected chi connectivity index (χ2v) is 10.5. The van der Waals surface area contributed by atoms with Crippen LogP contribution in [0.25, 0.3) is 0 Å². The van der Waals surface area contributed by atoms with Crippen molar-refractivity contribution < 1.29 is 103 Å². The Bertz CT molecular complexity index is 1390. The molecule has 0 fully saturated rings. The van der Waals surface area contributed by atoms with Crippen LogP contribution in [-0.2, 0) is 30.4 Å². The molecule has 3 rings (SSSR count). The van der Waals surface area contributed by atoms with Crippen LogP contribution in [-0.4, -0.2) is 39.5 Å². The van der Waals surface area contributed by atoms with Gasteiger partial charge in [-0.15, -0.1) is 0 Å². The molecule has 1 N–H and O–H groups in total. The van der Waals surface area contributed by atoms with Crippen LogP contribution in [0.2, 0.25) is 0 Å². The zero-order valence-corrected chi connectivity index (χ0v) is 24.7. The summed E-state index contributed by atoms with van der Waals surface area (Å²) < 4.78 is 92.1. The van der Waals surface area contributed by atoms with Crippen molar-refractivity contribution in [3.63, 3.8) is 0 Å². The van der Waals surface area contributed by atoms with Gasteiger partial charge in [0.25, 0.3) is 0 Å². The number of aromatic hydroxyl groups is 1. The van der Waals surface area contributed by atoms with Gasteiger partial charge in [0.1, 0.15) is 36.6 Å². The Morgan fingerprint density at radius 2 is 0.971 bits per heavy atom. The molecule has 0 aliphatic heterocycles. The van der Waals surface area contributed by atoms with E-state index in [4.69, 9.17) is 9.29 Å². The van der Waals surface area contributed by atoms with Crippen LogP contribution in [0.5, 0.6) is 11.5 Å². The third-order valence-electron chi connectivity index (χ3n) is 3.75. The summed E-state index contributed by atoms with van der Waals surface area (Å²) in [5, 5.41) is 8.73. The van der Waals surface area contributed by atoms with Crippen LogP contribution in [0.4, 0.5) is 0 Å². The van der Waals surface area contributed by atoms with E-state index in [2.05, 4.69) is 0 Å². The molecule has 3 aromatic carbocycles. The average molecular weight is 547 g/mol. The third kappa shape index (κ3) is 10.3. The van der Waals surface area contributed by atoms with Gasteiger partial charge in [-0.05, 0) is 67.6 Å². The monoisotopic (exact) mass is 546 g/mol. The quantitative estimate of drug-likeness (QED) is 0.188. The van der Waals surface area contributed by atoms with Crippen LogP contribution in [0.1, 0.15) is 5.56 Å². The summed E-state index contributed by atoms with van der Waals surface area (Å²) in [5.74, 6) is -0.152. The number of hydrogen-bond donors (Lipinski definition) is 1. The Morgan fingerprint density at radius 1 is 0.618 bits per heavy atom. The second kappa shape index (κ2) is 13.4. The van der Waals surface area contributed by atoms with Gasteiger partial charge in [0.15, 0.2) is 0 Å². The molecule has 0 amide bonds. The number of benzene rings is 3. The van der Waals surface area contributed by atoms with E-state index < -0.39 is 35.2 Å². The normalized spacial score (nSPS) is 11.1. The molecule has 172 valence electrons. The Labute approximate surface area is 242 Å². The molecule has 0 spiro atoms. The van der Waals surface area contributed by atoms with E-state index in [0.717, 1.165) is 54.1 Å². The van der Waals surface area contributed by atoms with Crippen LogP contribution in [0.15, 0.2) is 87.5 Å². The fourth-order valence-corrected chi connectivity index (χ4v) is 4.02. The Balaban J connectivity index is 0.000000716. The van der Waals surface area contributed by atoms with Crippen molar-refractivity contribution in [3.05, 3.63) is 78.4 Å². The van der Waals surface area contributed by atoms with Crippen LogP contribution < -0.4 is 63.3 Å². The molecule has 0 aliphatic rings. The topological polar surface area (TPSA) is 178 Å². The Morgan fingerprint density at radius 3 is 1.35 bits per heavy atom. The van der Waals surface area contributed by atoms with Crippen LogP contribution in [0.3, 0.4) is 0 Å². The molecule has 0 saturated heterocycles. The number of phenolic OH excluding ortho intramolecular Hbond substituents is 1. The number of hydrogen-bond acceptors (Lipinski definition) is 10. The first-order chi connectivity index (χ1) is 14.7. The summed E-state index contributed by atoms with van der Waals surface area (Å²) >= 11 is 0. The molecule has 0 heterocycles. The second-order valence-electron chi connectivity index (χ2n) is 6.22. The Hall–Kier alpha value is -0.970. The minimum atomic E-state index is -4.58. The standard InChI is InChI=1S/C13H12O6S2.C6H6O4S.2Na/c1-10-2-6-13(7-3-10)21(17,18)19-11-4-8-12(9-5-11)20(14,15)16;7-5-1-3-6(4-2-5)11(8,9)10;;/h2-9H,1H3,(H,14,15,16);1-4,7H,(H,8,9,10);;/q;;2*+1/p-2. The van der Waals surface area contributed by atoms with Crippen LogP contribution in [0, 0.1) is 6.92 Å². The number of rotatable bonds is 5. The maximum atomic E-state index is 12.0. The van der Waals surface area contributed by atoms with E-state index in [1.807, 2.05) is 6.92 Å². The van der Waals surface area contributed by atoms with E-state index in [-0.39, 0.29) is 80.4 Å². The van der Waals surface area contributed by atoms with Gasteiger partial charge in [0.05, 0.1) is 9.79 Å². The van der Waals surface area contributed by atoms with Crippen molar-refractivity contribution in [2.75, 3.05) is 0 Å². The molecular weight excluding hydrogens is 530 g/mol. The van der Waals surface area contributed by atoms with E-state index in [0.29, 0.717) is 0 Å². The molecule has 3 aromatic rings. The minimum absolute atomic E-state index is 0. The predicted molar refractivity (Wildman–Crippen MR) is 109 cm³/mol. The fraction of sp³-hybridized carbons (Fsp3) is 0.0526. The van der Waals surface area contributed by atoms with Crippen molar-refractivity contribution in [2.45, 2.75) is 21.6 Å². The van der Waals surface area contributed by atoms with E-state index in [1.165, 1.54) is 12.1 Å². The first-order valence-electron chi connectivity index (χ1n) is 8.50. The average Bonchev–Trinajstić information content (AvgIpc) is 2.68. The molecule has 0 radical (unpaired) electrons. The van der Waals surface area contributed by atoms with Crippen molar-refractivity contribution in [3.8, 4) is 11.5 Å². The van der Waals surface area contributed by atoms with Gasteiger partial charge in [-0.3, -0.25) is 0 Å². The van der Waals surface area contributed by atoms with Crippen molar-refractivity contribution >= 4 is 30.4 Å². The van der Waals surface area contributed by atoms with Crippen molar-refractivity contribution in [1.82, 2.24) is 0 Å². The van der Waals surface area contributed by atoms with Crippen LogP contribution >= 0.6 is 0 Å². The summed E-state index contributed by atoms with van der Waals surface area (Å²) in [6.45, 7) is 1.82. The van der Waals surface area contributed by atoms with E-state index in [1.54, 1.807) is 12.1 Å². The molecule has 0 aromatic heterocycles. The molecule has 0 aliphatic carbocycles. The molecule has 0 saturated carbocycles. The van der Waals surface area contributed by atoms with Gasteiger partial charge < -0.3 is 18.4 Å². The fourth-order valence-electron chi connectivity index (χ4n) is 2.15. The zero-order chi connectivity index (χ0) is 24.2. The molecule has 34 heavy (non-hydrogen) atoms. The van der Waals surface area contributed by atoms with Gasteiger partial charge in [0, 0.05) is 0 Å². The van der Waals surface area contributed by atoms with Gasteiger partial charge in [0.2, 0.25) is 0 Å². The predicted octanol–water partition coefficient (Wildman–Crippen LogP) is -4.03. The van der Waals surface area contributed by atoms with Gasteiger partial charge in [-0.25, -0.2) is 16.8 Å². The summed E-state index contributed by atoms with van der Waals surface area (Å²) in [6, 6.07) is 14.7. The molecule has 0 bridgehead atoms. The first kappa shape index (κ1) is 33.0. The van der Waals surface area contributed by atoms with Gasteiger partial charge in [-0.2, -0.15) is 8.42 Å². The smallest absolute Gasteiger partial charge is 0.744 e. The molecular formula is C19H16Na2O10S3. The van der Waals surface area contributed by atoms with Crippen molar-refractivity contribution in [1.29, 1.82) is 0 Å². The van der Waals surface area contributed by atoms with Gasteiger partial charge in [-0.1, -0.05) is 17.7 Å². The molecule has 0 atom stereocenters. The zero-order valence-electron chi connectivity index (χ0n) is 18.3. The summed E-state index contributed by atoms with van der Waals surface area (Å²) in [6.07, 6.45) is 0. The molecule has 0 unspecified atom stereocenters. The minimum Gasteiger partial charge on any atom is -0.744 e. The summed E-state index contributed by atoms with van der Waals surface area (Å²) in [5.41, 5.74) is 0.902. The largest absolute Gasteiger partial charge is 1.00 e. The van der Waals surface area contributed by atoms with Gasteiger partial charge >= 0.3 is 69.2 Å². The molecule has 15 heteroatoms. The number of aryl methyl sites for hydroxylation is 1. The Kier molecular flexibility index (Phi) is 13.0. The maximum absolute atomic E-state index is 12.0. The van der Waals surface area contributed by atoms with Crippen molar-refractivity contribution in [2.24, 2.45) is 0 Å². The summed E-state index contributed by atoms with van der Waals surface area (Å²) in [7, 11) is -13.0.